The van der Waals surface area contributed by atoms with Gasteiger partial charge in [-0.3, -0.25) is 19.2 Å². The molecule has 0 aromatic heterocycles. The number of carbonyl (C=O) groups excluding carboxylic acids is 5. The highest BCUT2D eigenvalue weighted by Gasteiger charge is 2.53. The van der Waals surface area contributed by atoms with Gasteiger partial charge in [-0.2, -0.15) is 0 Å². The third-order valence-corrected chi connectivity index (χ3v) is 14.2. The molecule has 1 saturated carbocycles. The Balaban J connectivity index is 1.68. The second kappa shape index (κ2) is 24.4. The average Bonchev–Trinajstić information content (AvgIpc) is 3.76. The van der Waals surface area contributed by atoms with Crippen LogP contribution in [0.1, 0.15) is 119 Å². The van der Waals surface area contributed by atoms with Gasteiger partial charge in [0.1, 0.15) is 18.2 Å². The molecule has 4 aliphatic rings. The molecular formula is C50H77NO13. The molecule has 0 radical (unpaired) electrons. The first kappa shape index (κ1) is 53.2. The predicted molar refractivity (Wildman–Crippen MR) is 241 cm³/mol. The number of carbonyl (C=O) groups is 5. The highest BCUT2D eigenvalue weighted by atomic mass is 16.6. The molecule has 2 bridgehead atoms. The third-order valence-electron chi connectivity index (χ3n) is 14.2. The number of allylic oxidation sites excluding steroid dienone is 6. The van der Waals surface area contributed by atoms with Crippen molar-refractivity contribution < 1.29 is 63.0 Å². The van der Waals surface area contributed by atoms with E-state index in [0.717, 1.165) is 16.9 Å². The summed E-state index contributed by atoms with van der Waals surface area (Å²) >= 11 is 0. The van der Waals surface area contributed by atoms with Crippen LogP contribution in [0.2, 0.25) is 0 Å². The van der Waals surface area contributed by atoms with Gasteiger partial charge in [-0.25, -0.2) is 4.79 Å². The number of rotatable bonds is 6. The quantitative estimate of drug-likeness (QED) is 0.214. The molecule has 4 rings (SSSR count). The van der Waals surface area contributed by atoms with Gasteiger partial charge in [0.15, 0.2) is 11.6 Å². The number of methoxy groups -OCH3 is 3. The van der Waals surface area contributed by atoms with Crippen LogP contribution in [0.25, 0.3) is 0 Å². The van der Waals surface area contributed by atoms with Crippen molar-refractivity contribution in [2.75, 3.05) is 27.9 Å². The zero-order chi connectivity index (χ0) is 47.5. The number of fused-ring (bicyclic) bond motifs is 3. The lowest BCUT2D eigenvalue weighted by molar-refractivity contribution is -0.265. The van der Waals surface area contributed by atoms with Gasteiger partial charge in [0.2, 0.25) is 5.79 Å². The van der Waals surface area contributed by atoms with Crippen molar-refractivity contribution in [3.63, 3.8) is 0 Å². The number of aliphatic hydroxyl groups is 3. The first-order valence-electron chi connectivity index (χ1n) is 23.4. The normalized spacial score (nSPS) is 38.0. The van der Waals surface area contributed by atoms with E-state index in [1.165, 1.54) is 7.11 Å². The summed E-state index contributed by atoms with van der Waals surface area (Å²) in [7, 11) is 4.52. The van der Waals surface area contributed by atoms with E-state index in [2.05, 4.69) is 0 Å². The van der Waals surface area contributed by atoms with Gasteiger partial charge < -0.3 is 43.9 Å². The number of ketones is 3. The first-order chi connectivity index (χ1) is 30.2. The van der Waals surface area contributed by atoms with Crippen molar-refractivity contribution >= 4 is 29.2 Å². The van der Waals surface area contributed by atoms with E-state index < -0.39 is 83.9 Å². The Bertz CT molecular complexity index is 1740. The first-order valence-corrected chi connectivity index (χ1v) is 23.4. The van der Waals surface area contributed by atoms with Gasteiger partial charge in [-0.1, -0.05) is 71.1 Å². The van der Waals surface area contributed by atoms with Gasteiger partial charge in [0, 0.05) is 58.5 Å². The van der Waals surface area contributed by atoms with Crippen LogP contribution < -0.4 is 0 Å². The van der Waals surface area contributed by atoms with Crippen LogP contribution in [0.15, 0.2) is 47.6 Å². The van der Waals surface area contributed by atoms with Gasteiger partial charge in [-0.15, -0.1) is 0 Å². The molecule has 3 fully saturated rings. The lowest BCUT2D eigenvalue weighted by Gasteiger charge is -2.41. The lowest BCUT2D eigenvalue weighted by Crippen LogP contribution is -2.59. The summed E-state index contributed by atoms with van der Waals surface area (Å²) in [5, 5.41) is 33.7. The van der Waals surface area contributed by atoms with Gasteiger partial charge >= 0.3 is 5.97 Å². The van der Waals surface area contributed by atoms with Crippen LogP contribution in [-0.2, 0) is 47.7 Å². The molecule has 1 amide bonds. The number of Topliss-reactive ketones (excluding diaryl/α,β-unsaturated/α-hetero) is 3. The molecule has 14 nitrogen and oxygen atoms in total. The third kappa shape index (κ3) is 13.6. The Kier molecular flexibility index (Phi) is 20.3. The standard InChI is InChI=1S/C50H77NO13/c1-29-15-12-11-13-16-30(2)41(60-8)27-37-20-18-35(7)50(59,64-37)47(56)48(57)51-22-14-17-38(51)49(58)63-42(32(4)25-36-19-21-39(52)43(26-36)61-9)28-40(53)31(3)24-34(6)45(55)46(62-10)44(54)33(5)23-29/h11-13,15-16,24,29,32-39,41-43,45-46,52,55,59H,14,17-23,25-28H2,1-10H3/t29-,32-,33-,34?,35-,36+,37+,38+,39-,41+,42+,43-,45-,46+,50-/m1/s1. The van der Waals surface area contributed by atoms with Crippen LogP contribution in [0.5, 0.6) is 0 Å². The molecule has 64 heavy (non-hydrogen) atoms. The number of esters is 1. The molecule has 2 saturated heterocycles. The Morgan fingerprint density at radius 1 is 0.875 bits per heavy atom. The number of amides is 1. The second-order valence-electron chi connectivity index (χ2n) is 19.2. The summed E-state index contributed by atoms with van der Waals surface area (Å²) in [5.74, 6) is -7.94. The van der Waals surface area contributed by atoms with Crippen LogP contribution in [0.3, 0.4) is 0 Å². The van der Waals surface area contributed by atoms with Crippen LogP contribution in [-0.4, -0.2) is 132 Å². The minimum atomic E-state index is -2.42. The molecule has 3 aliphatic heterocycles. The second-order valence-corrected chi connectivity index (χ2v) is 19.2. The van der Waals surface area contributed by atoms with E-state index in [-0.39, 0.29) is 54.8 Å². The average molecular weight is 900 g/mol. The van der Waals surface area contributed by atoms with Gasteiger partial charge in [-0.05, 0) is 101 Å². The van der Waals surface area contributed by atoms with E-state index in [0.29, 0.717) is 56.9 Å². The summed E-state index contributed by atoms with van der Waals surface area (Å²) in [6.45, 7) is 12.7. The molecule has 3 heterocycles. The van der Waals surface area contributed by atoms with Crippen molar-refractivity contribution in [1.29, 1.82) is 0 Å². The Labute approximate surface area is 380 Å². The van der Waals surface area contributed by atoms with Crippen molar-refractivity contribution in [2.24, 2.45) is 35.5 Å². The fourth-order valence-corrected chi connectivity index (χ4v) is 9.97. The fraction of sp³-hybridized carbons (Fsp3) is 0.740. The minimum absolute atomic E-state index is 0.0226. The monoisotopic (exact) mass is 900 g/mol. The minimum Gasteiger partial charge on any atom is -0.460 e. The van der Waals surface area contributed by atoms with E-state index in [1.807, 2.05) is 58.1 Å². The van der Waals surface area contributed by atoms with Gasteiger partial charge in [0.05, 0.1) is 30.5 Å². The zero-order valence-electron chi connectivity index (χ0n) is 39.9. The highest BCUT2D eigenvalue weighted by Crippen LogP contribution is 2.38. The number of nitrogens with zero attached hydrogens (tertiary/aromatic N) is 1. The lowest BCUT2D eigenvalue weighted by atomic mass is 9.78. The smallest absolute Gasteiger partial charge is 0.329 e. The molecule has 360 valence electrons. The van der Waals surface area contributed by atoms with E-state index >= 15 is 0 Å². The number of hydrogen-bond acceptors (Lipinski definition) is 13. The number of ether oxygens (including phenoxy) is 5. The summed E-state index contributed by atoms with van der Waals surface area (Å²) in [4.78, 5) is 71.2. The molecule has 0 spiro atoms. The molecule has 3 N–H and O–H groups in total. The van der Waals surface area contributed by atoms with Crippen molar-refractivity contribution in [3.8, 4) is 0 Å². The van der Waals surface area contributed by atoms with Crippen molar-refractivity contribution in [1.82, 2.24) is 4.90 Å². The highest BCUT2D eigenvalue weighted by molar-refractivity contribution is 6.39. The molecule has 0 aromatic rings. The summed E-state index contributed by atoms with van der Waals surface area (Å²) in [5.41, 5.74) is 1.19. The predicted octanol–water partition coefficient (Wildman–Crippen LogP) is 5.79. The van der Waals surface area contributed by atoms with E-state index in [9.17, 15) is 39.3 Å². The maximum atomic E-state index is 14.2. The summed E-state index contributed by atoms with van der Waals surface area (Å²) < 4.78 is 29.2. The number of aliphatic hydroxyl groups excluding tert-OH is 2. The van der Waals surface area contributed by atoms with Crippen molar-refractivity contribution in [3.05, 3.63) is 47.6 Å². The van der Waals surface area contributed by atoms with E-state index in [4.69, 9.17) is 23.7 Å². The summed E-state index contributed by atoms with van der Waals surface area (Å²) in [6.07, 6.45) is 10.5. The Morgan fingerprint density at radius 2 is 1.59 bits per heavy atom. The van der Waals surface area contributed by atoms with Crippen LogP contribution in [0.4, 0.5) is 0 Å². The topological polar surface area (TPSA) is 195 Å². The van der Waals surface area contributed by atoms with Gasteiger partial charge in [0.25, 0.3) is 11.7 Å². The Hall–Kier alpha value is -3.37. The molecule has 1 unspecified atom stereocenters. The SMILES string of the molecule is CO[C@H]1C[C@@H]2CC[C@@H](C)[C@@](O)(O2)C(=O)C(=O)N2CCC[C@H]2C(=O)O[C@H]([C@H](C)C[C@@H]2CC[C@@H](O)[C@H](OC)C2)CC(=O)C(C)=CC(C)[C@@H](O)[C@@H](OC)C(=O)[C@H](C)C[C@H](C)C=CC=CC=C1C. The molecule has 0 aromatic carbocycles. The van der Waals surface area contributed by atoms with E-state index in [1.54, 1.807) is 41.1 Å². The number of cyclic esters (lactones) is 1. The number of hydrogen-bond donors (Lipinski definition) is 3. The molecular weight excluding hydrogens is 823 g/mol. The van der Waals surface area contributed by atoms with Crippen LogP contribution >= 0.6 is 0 Å². The maximum absolute atomic E-state index is 14.2. The largest absolute Gasteiger partial charge is 0.460 e. The molecule has 15 atom stereocenters. The maximum Gasteiger partial charge on any atom is 0.329 e. The molecule has 14 heteroatoms. The van der Waals surface area contributed by atoms with Crippen LogP contribution in [0, 0.1) is 35.5 Å². The fourth-order valence-electron chi connectivity index (χ4n) is 9.97. The Morgan fingerprint density at radius 3 is 2.27 bits per heavy atom. The molecule has 1 aliphatic carbocycles. The zero-order valence-corrected chi connectivity index (χ0v) is 39.9. The summed E-state index contributed by atoms with van der Waals surface area (Å²) in [6, 6.07) is -1.13. The van der Waals surface area contributed by atoms with Crippen molar-refractivity contribution in [2.45, 2.75) is 174 Å².